The summed E-state index contributed by atoms with van der Waals surface area (Å²) in [5.74, 6) is -0.625. The van der Waals surface area contributed by atoms with Crippen molar-refractivity contribution in [1.82, 2.24) is 5.32 Å². The Hall–Kier alpha value is -1.31. The van der Waals surface area contributed by atoms with Crippen molar-refractivity contribution in [2.24, 2.45) is 16.3 Å². The number of nitrogens with two attached hydrogens (primary N) is 1. The quantitative estimate of drug-likeness (QED) is 0.287. The normalized spacial score (nSPS) is 29.7. The number of amides is 1. The molecule has 0 radical (unpaired) electrons. The number of oxime groups is 1. The largest absolute Gasteiger partial charge is 0.409 e. The average Bonchev–Trinajstić information content (AvgIpc) is 2.60. The summed E-state index contributed by atoms with van der Waals surface area (Å²) in [6.45, 7) is 4.99. The topological polar surface area (TPSA) is 122 Å². The first-order valence-corrected chi connectivity index (χ1v) is 7.92. The number of amidine groups is 1. The first-order valence-electron chi connectivity index (χ1n) is 6.09. The van der Waals surface area contributed by atoms with Gasteiger partial charge >= 0.3 is 0 Å². The highest BCUT2D eigenvalue weighted by molar-refractivity contribution is 7.91. The lowest BCUT2D eigenvalue weighted by Gasteiger charge is -2.31. The zero-order valence-electron chi connectivity index (χ0n) is 11.4. The SMILES string of the molecule is CCC(C)(C(=O)NC1(C)CCS(=O)(=O)C1)C(N)=NO. The third-order valence-corrected chi connectivity index (χ3v) is 5.70. The van der Waals surface area contributed by atoms with Gasteiger partial charge in [-0.1, -0.05) is 12.1 Å². The van der Waals surface area contributed by atoms with Gasteiger partial charge in [-0.3, -0.25) is 4.79 Å². The number of hydrogen-bond acceptors (Lipinski definition) is 5. The van der Waals surface area contributed by atoms with Crippen LogP contribution in [0.4, 0.5) is 0 Å². The summed E-state index contributed by atoms with van der Waals surface area (Å²) in [6, 6.07) is 0. The van der Waals surface area contributed by atoms with Crippen molar-refractivity contribution in [1.29, 1.82) is 0 Å². The van der Waals surface area contributed by atoms with E-state index in [1.807, 2.05) is 0 Å². The minimum absolute atomic E-state index is 0.0657. The van der Waals surface area contributed by atoms with Crippen LogP contribution < -0.4 is 11.1 Å². The molecule has 1 rings (SSSR count). The highest BCUT2D eigenvalue weighted by atomic mass is 32.2. The fraction of sp³-hybridized carbons (Fsp3) is 0.818. The highest BCUT2D eigenvalue weighted by Gasteiger charge is 2.44. The first kappa shape index (κ1) is 15.7. The minimum atomic E-state index is -3.10. The lowest BCUT2D eigenvalue weighted by atomic mass is 9.84. The molecular formula is C11H21N3O4S. The van der Waals surface area contributed by atoms with E-state index in [2.05, 4.69) is 10.5 Å². The van der Waals surface area contributed by atoms with E-state index in [4.69, 9.17) is 10.9 Å². The molecule has 0 aromatic rings. The average molecular weight is 291 g/mol. The second-order valence-electron chi connectivity index (χ2n) is 5.53. The zero-order chi connectivity index (χ0) is 14.9. The Balaban J connectivity index is 2.91. The zero-order valence-corrected chi connectivity index (χ0v) is 12.2. The predicted octanol–water partition coefficient (Wildman–Crippen LogP) is -0.157. The maximum atomic E-state index is 12.3. The van der Waals surface area contributed by atoms with Gasteiger partial charge in [-0.25, -0.2) is 8.42 Å². The maximum Gasteiger partial charge on any atom is 0.234 e. The number of rotatable bonds is 4. The molecule has 19 heavy (non-hydrogen) atoms. The predicted molar refractivity (Wildman–Crippen MR) is 71.6 cm³/mol. The second-order valence-corrected chi connectivity index (χ2v) is 7.71. The van der Waals surface area contributed by atoms with Crippen LogP contribution in [0.3, 0.4) is 0 Å². The molecule has 2 atom stereocenters. The van der Waals surface area contributed by atoms with Gasteiger partial charge in [0.05, 0.1) is 17.0 Å². The first-order chi connectivity index (χ1) is 8.58. The molecule has 4 N–H and O–H groups in total. The van der Waals surface area contributed by atoms with E-state index in [0.717, 1.165) is 0 Å². The Morgan fingerprint density at radius 2 is 2.16 bits per heavy atom. The molecule has 0 aromatic heterocycles. The third kappa shape index (κ3) is 3.17. The molecule has 0 aliphatic carbocycles. The number of sulfone groups is 1. The molecule has 0 bridgehead atoms. The third-order valence-electron chi connectivity index (χ3n) is 3.80. The fourth-order valence-electron chi connectivity index (χ4n) is 2.09. The van der Waals surface area contributed by atoms with Gasteiger partial charge in [0.25, 0.3) is 0 Å². The van der Waals surface area contributed by atoms with Crippen LogP contribution >= 0.6 is 0 Å². The molecule has 1 aliphatic rings. The van der Waals surface area contributed by atoms with E-state index < -0.39 is 26.7 Å². The van der Waals surface area contributed by atoms with Crippen molar-refractivity contribution in [2.45, 2.75) is 39.2 Å². The number of carbonyl (C=O) groups is 1. The number of nitrogens with zero attached hydrogens (tertiary/aromatic N) is 1. The fourth-order valence-corrected chi connectivity index (χ4v) is 4.18. The van der Waals surface area contributed by atoms with Crippen LogP contribution in [0.2, 0.25) is 0 Å². The van der Waals surface area contributed by atoms with Gasteiger partial charge in [0.15, 0.2) is 15.7 Å². The van der Waals surface area contributed by atoms with Crippen LogP contribution in [0.25, 0.3) is 0 Å². The van der Waals surface area contributed by atoms with Crippen LogP contribution in [0.5, 0.6) is 0 Å². The lowest BCUT2D eigenvalue weighted by molar-refractivity contribution is -0.128. The summed E-state index contributed by atoms with van der Waals surface area (Å²) in [5.41, 5.74) is 3.62. The molecule has 1 saturated heterocycles. The number of carbonyl (C=O) groups excluding carboxylic acids is 1. The molecule has 1 aliphatic heterocycles. The molecule has 1 heterocycles. The van der Waals surface area contributed by atoms with Crippen molar-refractivity contribution >= 4 is 21.6 Å². The Kier molecular flexibility index (Phi) is 4.14. The Morgan fingerprint density at radius 3 is 2.53 bits per heavy atom. The van der Waals surface area contributed by atoms with Gasteiger partial charge in [0.2, 0.25) is 5.91 Å². The van der Waals surface area contributed by atoms with Gasteiger partial charge in [0.1, 0.15) is 5.41 Å². The summed E-state index contributed by atoms with van der Waals surface area (Å²) in [6.07, 6.45) is 0.717. The van der Waals surface area contributed by atoms with Crippen LogP contribution in [-0.2, 0) is 14.6 Å². The van der Waals surface area contributed by atoms with E-state index >= 15 is 0 Å². The summed E-state index contributed by atoms with van der Waals surface area (Å²) in [4.78, 5) is 12.3. The van der Waals surface area contributed by atoms with Crippen molar-refractivity contribution in [2.75, 3.05) is 11.5 Å². The smallest absolute Gasteiger partial charge is 0.234 e. The number of nitrogens with one attached hydrogen (secondary N) is 1. The second kappa shape index (κ2) is 4.99. The highest BCUT2D eigenvalue weighted by Crippen LogP contribution is 2.27. The summed E-state index contributed by atoms with van der Waals surface area (Å²) >= 11 is 0. The van der Waals surface area contributed by atoms with Crippen LogP contribution in [0.15, 0.2) is 5.16 Å². The standard InChI is InChI=1S/C11H21N3O4S/c1-4-11(3,8(12)14-16)9(15)13-10(2)5-6-19(17,18)7-10/h16H,4-7H2,1-3H3,(H2,12,14)(H,13,15). The van der Waals surface area contributed by atoms with E-state index in [-0.39, 0.29) is 17.3 Å². The van der Waals surface area contributed by atoms with E-state index in [9.17, 15) is 13.2 Å². The molecule has 0 aromatic carbocycles. The van der Waals surface area contributed by atoms with Crippen molar-refractivity contribution in [3.63, 3.8) is 0 Å². The van der Waals surface area contributed by atoms with Gasteiger partial charge in [-0.15, -0.1) is 0 Å². The Labute approximate surface area is 113 Å². The molecular weight excluding hydrogens is 270 g/mol. The summed E-state index contributed by atoms with van der Waals surface area (Å²) < 4.78 is 23.0. The molecule has 8 heteroatoms. The van der Waals surface area contributed by atoms with Crippen molar-refractivity contribution in [3.8, 4) is 0 Å². The van der Waals surface area contributed by atoms with Crippen molar-refractivity contribution in [3.05, 3.63) is 0 Å². The Bertz CT molecular complexity index is 502. The monoisotopic (exact) mass is 291 g/mol. The number of hydrogen-bond donors (Lipinski definition) is 3. The summed E-state index contributed by atoms with van der Waals surface area (Å²) in [5, 5.41) is 14.4. The summed E-state index contributed by atoms with van der Waals surface area (Å²) in [7, 11) is -3.10. The molecule has 0 spiro atoms. The molecule has 110 valence electrons. The molecule has 1 fully saturated rings. The van der Waals surface area contributed by atoms with Crippen LogP contribution in [0, 0.1) is 5.41 Å². The lowest BCUT2D eigenvalue weighted by Crippen LogP contribution is -2.55. The van der Waals surface area contributed by atoms with Crippen LogP contribution in [0.1, 0.15) is 33.6 Å². The molecule has 2 unspecified atom stereocenters. The Morgan fingerprint density at radius 1 is 1.58 bits per heavy atom. The van der Waals surface area contributed by atoms with Crippen molar-refractivity contribution < 1.29 is 18.4 Å². The van der Waals surface area contributed by atoms with Gasteiger partial charge in [-0.2, -0.15) is 0 Å². The van der Waals surface area contributed by atoms with Gasteiger partial charge in [-0.05, 0) is 26.7 Å². The molecule has 7 nitrogen and oxygen atoms in total. The van der Waals surface area contributed by atoms with E-state index in [1.54, 1.807) is 20.8 Å². The molecule has 1 amide bonds. The van der Waals surface area contributed by atoms with Crippen LogP contribution in [-0.4, -0.2) is 42.4 Å². The van der Waals surface area contributed by atoms with E-state index in [0.29, 0.717) is 12.8 Å². The molecule has 0 saturated carbocycles. The minimum Gasteiger partial charge on any atom is -0.409 e. The van der Waals surface area contributed by atoms with Gasteiger partial charge < -0.3 is 16.3 Å². The van der Waals surface area contributed by atoms with Gasteiger partial charge in [0, 0.05) is 0 Å². The van der Waals surface area contributed by atoms with E-state index in [1.165, 1.54) is 0 Å². The maximum absolute atomic E-state index is 12.3.